The monoisotopic (exact) mass is 1250 g/mol. The Bertz CT molecular complexity index is 2490. The van der Waals surface area contributed by atoms with Crippen LogP contribution in [-0.4, -0.2) is 273 Å². The van der Waals surface area contributed by atoms with Crippen molar-refractivity contribution in [2.24, 2.45) is 50.2 Å². The minimum atomic E-state index is -2.14. The highest BCUT2D eigenvalue weighted by molar-refractivity contribution is 5.80. The average Bonchev–Trinajstić information content (AvgIpc) is 0.675. The molecule has 16 N–H and O–H groups in total. The normalized spacial score (nSPS) is 54.0. The van der Waals surface area contributed by atoms with Gasteiger partial charge < -0.3 is 129 Å². The van der Waals surface area contributed by atoms with Crippen molar-refractivity contribution in [3.05, 3.63) is 11.6 Å². The number of carboxylic acid groups (broad SMARTS) is 1. The zero-order valence-electron chi connectivity index (χ0n) is 50.4. The van der Waals surface area contributed by atoms with Gasteiger partial charge in [0, 0.05) is 0 Å². The molecule has 0 radical (unpaired) electrons. The number of esters is 1. The summed E-state index contributed by atoms with van der Waals surface area (Å²) in [6.45, 7) is 14.2. The molecule has 5 aliphatic carbocycles. The van der Waals surface area contributed by atoms with Gasteiger partial charge in [0.25, 0.3) is 0 Å². The molecular formula is C59H94O28. The molecule has 0 aromatic heterocycles. The maximum absolute atomic E-state index is 15.4. The van der Waals surface area contributed by atoms with E-state index in [9.17, 15) is 86.5 Å². The summed E-state index contributed by atoms with van der Waals surface area (Å²) in [6.07, 6.45) is -38.4. The van der Waals surface area contributed by atoms with E-state index in [-0.39, 0.29) is 30.1 Å². The lowest BCUT2D eigenvalue weighted by molar-refractivity contribution is -0.395. The molecule has 1 unspecified atom stereocenters. The lowest BCUT2D eigenvalue weighted by Crippen LogP contribution is -2.69. The van der Waals surface area contributed by atoms with Gasteiger partial charge in [-0.25, -0.2) is 4.79 Å². The molecule has 0 bridgehead atoms. The topological polar surface area (TPSA) is 450 Å². The van der Waals surface area contributed by atoms with Gasteiger partial charge in [-0.05, 0) is 110 Å². The predicted molar refractivity (Wildman–Crippen MR) is 290 cm³/mol. The Morgan fingerprint density at radius 1 is 0.563 bits per heavy atom. The SMILES string of the molecule is C[C@@H]1O[C@@H](O[C@H]2[C@H](O)[C@@H](C(=O)O)OC(O[C@H]3CC[C@]4(C)[C@H]5CC=C6[C@@H]7CC(C)(C)CC[C@]7(C(=O)O[C@@H]7O[C@H](CO)[C@@H](O)[C@H](O)[C@H]7O[C@@H]7OC[C@@H](O)[C@H](O)[C@H]7O)[C@@H](O)C[C@@]6(C)[C@]5(C)CC[C@H]4C3(C)C)[C@@H]2O[C@@H]2O[C@H](CO)[C@@H](O)[C@H](O)[C@H]2O)[C@H](O)[C@H](O)[C@H]1O. The molecule has 0 spiro atoms. The van der Waals surface area contributed by atoms with Gasteiger partial charge in [-0.2, -0.15) is 0 Å². The zero-order chi connectivity index (χ0) is 63.7. The van der Waals surface area contributed by atoms with Crippen LogP contribution >= 0.6 is 0 Å². The molecule has 0 aromatic rings. The summed E-state index contributed by atoms with van der Waals surface area (Å²) in [4.78, 5) is 28.4. The van der Waals surface area contributed by atoms with E-state index in [0.29, 0.717) is 44.9 Å². The molecule has 4 saturated carbocycles. The summed E-state index contributed by atoms with van der Waals surface area (Å²) in [5, 5.41) is 174. The molecule has 0 aromatic carbocycles. The third-order valence-corrected chi connectivity index (χ3v) is 23.1. The van der Waals surface area contributed by atoms with Gasteiger partial charge in [0.2, 0.25) is 6.29 Å². The molecule has 28 heteroatoms. The van der Waals surface area contributed by atoms with Gasteiger partial charge in [0.1, 0.15) is 103 Å². The van der Waals surface area contributed by atoms with Gasteiger partial charge in [-0.3, -0.25) is 4.79 Å². The van der Waals surface area contributed by atoms with E-state index in [1.807, 2.05) is 13.8 Å². The van der Waals surface area contributed by atoms with Crippen LogP contribution in [0.3, 0.4) is 0 Å². The van der Waals surface area contributed by atoms with Crippen molar-refractivity contribution in [1.29, 1.82) is 0 Å². The van der Waals surface area contributed by atoms with E-state index in [4.69, 9.17) is 47.4 Å². The maximum Gasteiger partial charge on any atom is 0.335 e. The third kappa shape index (κ3) is 11.2. The van der Waals surface area contributed by atoms with Crippen molar-refractivity contribution < 1.29 is 139 Å². The molecule has 0 amide bonds. The van der Waals surface area contributed by atoms with E-state index in [1.165, 1.54) is 6.92 Å². The Kier molecular flexibility index (Phi) is 19.1. The van der Waals surface area contributed by atoms with Crippen LogP contribution in [0.25, 0.3) is 0 Å². The molecule has 28 nitrogen and oxygen atoms in total. The zero-order valence-corrected chi connectivity index (χ0v) is 50.4. The van der Waals surface area contributed by atoms with Gasteiger partial charge in [-0.1, -0.05) is 60.1 Å². The standard InChI is InChI=1S/C59H94O28/c1-22-32(64)36(68)40(72)49(79-22)83-43-42(74)44(47(75)76)84-52(46(43)86-50-41(73)37(69)34(66)26(19-60)80-50)82-31-12-13-56(6)28(55(31,4)5)11-14-57(7)29(56)10-9-23-24-17-54(2,3)15-16-59(24,30(63)18-58(23,57)8)53(77)87-51-45(38(70)35(67)27(20-61)81-51)85-48-39(71)33(65)25(62)21-78-48/h9,22,24-46,48-52,60-74H,10-21H2,1-8H3,(H,75,76)/t22-,24-,25+,26+,27+,28-,29+,30-,31-,32-,33-,34+,35+,36+,37-,38-,39+,40+,41+,42-,43-,44-,45+,46+,48-,49-,50-,51-,52?,56-,57+,58+,59+/m0/s1. The fraction of sp³-hybridized carbons (Fsp3) is 0.932. The number of carbonyl (C=O) groups is 2. The summed E-state index contributed by atoms with van der Waals surface area (Å²) in [5.41, 5.74) is -3.34. The van der Waals surface area contributed by atoms with E-state index >= 15 is 4.79 Å². The van der Waals surface area contributed by atoms with E-state index in [0.717, 1.165) is 5.57 Å². The maximum atomic E-state index is 15.4. The first-order valence-corrected chi connectivity index (χ1v) is 30.7. The number of carboxylic acids is 1. The second-order valence-electron chi connectivity index (χ2n) is 28.8. The highest BCUT2D eigenvalue weighted by atomic mass is 16.8. The van der Waals surface area contributed by atoms with Crippen LogP contribution in [0.5, 0.6) is 0 Å². The van der Waals surface area contributed by atoms with Crippen molar-refractivity contribution in [3.63, 3.8) is 0 Å². The lowest BCUT2D eigenvalue weighted by Gasteiger charge is -2.72. The summed E-state index contributed by atoms with van der Waals surface area (Å²) >= 11 is 0. The first-order chi connectivity index (χ1) is 40.6. The summed E-state index contributed by atoms with van der Waals surface area (Å²) in [6, 6.07) is 0. The van der Waals surface area contributed by atoms with Crippen LogP contribution in [0, 0.1) is 50.2 Å². The quantitative estimate of drug-likeness (QED) is 0.0484. The average molecular weight is 1250 g/mol. The van der Waals surface area contributed by atoms with E-state index < -0.39 is 224 Å². The number of allylic oxidation sites excluding steroid dienone is 2. The van der Waals surface area contributed by atoms with Crippen LogP contribution in [-0.2, 0) is 57.0 Å². The smallest absolute Gasteiger partial charge is 0.335 e. The molecule has 33 atom stereocenters. The van der Waals surface area contributed by atoms with Crippen LogP contribution in [0.1, 0.15) is 113 Å². The molecular weight excluding hydrogens is 1160 g/mol. The Balaban J connectivity index is 0.937. The van der Waals surface area contributed by atoms with Crippen molar-refractivity contribution in [2.75, 3.05) is 19.8 Å². The summed E-state index contributed by atoms with van der Waals surface area (Å²) < 4.78 is 60.3. The summed E-state index contributed by atoms with van der Waals surface area (Å²) in [5.74, 6) is -3.26. The van der Waals surface area contributed by atoms with Crippen molar-refractivity contribution >= 4 is 11.9 Å². The minimum Gasteiger partial charge on any atom is -0.479 e. The molecule has 10 rings (SSSR count). The second-order valence-corrected chi connectivity index (χ2v) is 28.8. The number of fused-ring (bicyclic) bond motifs is 7. The number of hydrogen-bond acceptors (Lipinski definition) is 27. The Morgan fingerprint density at radius 3 is 1.79 bits per heavy atom. The highest BCUT2D eigenvalue weighted by Crippen LogP contribution is 2.76. The predicted octanol–water partition coefficient (Wildman–Crippen LogP) is -3.48. The number of hydrogen-bond donors (Lipinski definition) is 16. The lowest BCUT2D eigenvalue weighted by atomic mass is 9.33. The number of carbonyl (C=O) groups excluding carboxylic acids is 1. The Morgan fingerprint density at radius 2 is 1.15 bits per heavy atom. The molecule has 5 heterocycles. The number of rotatable bonds is 13. The highest BCUT2D eigenvalue weighted by Gasteiger charge is 2.72. The molecule has 9 fully saturated rings. The first kappa shape index (κ1) is 67.6. The van der Waals surface area contributed by atoms with E-state index in [1.54, 1.807) is 0 Å². The molecule has 5 aliphatic heterocycles. The van der Waals surface area contributed by atoms with Crippen molar-refractivity contribution in [2.45, 2.75) is 273 Å². The number of aliphatic hydroxyl groups is 15. The van der Waals surface area contributed by atoms with Crippen molar-refractivity contribution in [3.8, 4) is 0 Å². The number of aliphatic carboxylic acids is 1. The van der Waals surface area contributed by atoms with Crippen LogP contribution in [0.2, 0.25) is 0 Å². The van der Waals surface area contributed by atoms with Gasteiger partial charge >= 0.3 is 11.9 Å². The number of ether oxygens (including phenoxy) is 10. The summed E-state index contributed by atoms with van der Waals surface area (Å²) in [7, 11) is 0. The van der Waals surface area contributed by atoms with Crippen molar-refractivity contribution in [1.82, 2.24) is 0 Å². The van der Waals surface area contributed by atoms with Crippen LogP contribution in [0.4, 0.5) is 0 Å². The molecule has 498 valence electrons. The Labute approximate surface area is 503 Å². The van der Waals surface area contributed by atoms with E-state index in [2.05, 4.69) is 40.7 Å². The third-order valence-electron chi connectivity index (χ3n) is 23.1. The molecule has 10 aliphatic rings. The molecule has 5 saturated heterocycles. The fourth-order valence-corrected chi connectivity index (χ4v) is 17.7. The van der Waals surface area contributed by atoms with Gasteiger partial charge in [0.15, 0.2) is 37.4 Å². The fourth-order valence-electron chi connectivity index (χ4n) is 17.7. The largest absolute Gasteiger partial charge is 0.479 e. The first-order valence-electron chi connectivity index (χ1n) is 30.7. The second kappa shape index (κ2) is 24.6. The van der Waals surface area contributed by atoms with Gasteiger partial charge in [0.05, 0.1) is 38.1 Å². The van der Waals surface area contributed by atoms with Crippen LogP contribution < -0.4 is 0 Å². The van der Waals surface area contributed by atoms with Gasteiger partial charge in [-0.15, -0.1) is 0 Å². The minimum absolute atomic E-state index is 0.0365. The molecule has 87 heavy (non-hydrogen) atoms. The van der Waals surface area contributed by atoms with Crippen LogP contribution in [0.15, 0.2) is 11.6 Å². The number of aliphatic hydroxyl groups excluding tert-OH is 15. The Hall–Kier alpha value is -2.28.